The molecule has 0 amide bonds. The standard InChI is InChI=1S/C8H15O/c1-3-4-5-6-7-8(2)9/h6H,3-5,7H2,1-2H3. The molecule has 53 valence electrons. The number of Topliss-reactive ketones (excluding diaryl/α,β-unsaturated/α-hetero) is 1. The monoisotopic (exact) mass is 127 g/mol. The minimum absolute atomic E-state index is 0.270. The molecule has 0 spiro atoms. The van der Waals surface area contributed by atoms with Crippen molar-refractivity contribution in [1.29, 1.82) is 0 Å². The van der Waals surface area contributed by atoms with E-state index in [1.165, 1.54) is 12.8 Å². The Kier molecular flexibility index (Phi) is 5.59. The molecule has 9 heavy (non-hydrogen) atoms. The highest BCUT2D eigenvalue weighted by atomic mass is 16.1. The van der Waals surface area contributed by atoms with Crippen LogP contribution in [0.15, 0.2) is 0 Å². The summed E-state index contributed by atoms with van der Waals surface area (Å²) < 4.78 is 0. The molecule has 0 aliphatic carbocycles. The predicted molar refractivity (Wildman–Crippen MR) is 39.1 cm³/mol. The van der Waals surface area contributed by atoms with Crippen molar-refractivity contribution in [2.24, 2.45) is 0 Å². The molecule has 0 N–H and O–H groups in total. The summed E-state index contributed by atoms with van der Waals surface area (Å²) in [5, 5.41) is 0. The van der Waals surface area contributed by atoms with Gasteiger partial charge >= 0.3 is 0 Å². The molecule has 0 aliphatic rings. The maximum atomic E-state index is 10.4. The van der Waals surface area contributed by atoms with E-state index >= 15 is 0 Å². The van der Waals surface area contributed by atoms with Crippen molar-refractivity contribution < 1.29 is 4.79 Å². The Morgan fingerprint density at radius 3 is 2.67 bits per heavy atom. The van der Waals surface area contributed by atoms with Crippen LogP contribution in [0, 0.1) is 6.42 Å². The van der Waals surface area contributed by atoms with E-state index in [2.05, 4.69) is 13.3 Å². The third-order valence-electron chi connectivity index (χ3n) is 1.19. The minimum Gasteiger partial charge on any atom is -0.300 e. The molecule has 1 radical (unpaired) electrons. The van der Waals surface area contributed by atoms with Gasteiger partial charge in [-0.05, 0) is 19.8 Å². The number of hydrogen-bond donors (Lipinski definition) is 0. The lowest BCUT2D eigenvalue weighted by Crippen LogP contribution is -1.89. The highest BCUT2D eigenvalue weighted by Gasteiger charge is 1.91. The van der Waals surface area contributed by atoms with Crippen LogP contribution in [0.1, 0.15) is 39.5 Å². The van der Waals surface area contributed by atoms with Crippen LogP contribution in [0.4, 0.5) is 0 Å². The summed E-state index contributed by atoms with van der Waals surface area (Å²) in [4.78, 5) is 10.4. The van der Waals surface area contributed by atoms with E-state index in [0.29, 0.717) is 6.42 Å². The van der Waals surface area contributed by atoms with Crippen molar-refractivity contribution in [2.45, 2.75) is 39.5 Å². The zero-order valence-electron chi connectivity index (χ0n) is 6.31. The van der Waals surface area contributed by atoms with Gasteiger partial charge in [-0.25, -0.2) is 0 Å². The van der Waals surface area contributed by atoms with E-state index in [-0.39, 0.29) is 5.78 Å². The van der Waals surface area contributed by atoms with Gasteiger partial charge in [0.25, 0.3) is 0 Å². The zero-order valence-corrected chi connectivity index (χ0v) is 6.31. The first-order chi connectivity index (χ1) is 4.27. The summed E-state index contributed by atoms with van der Waals surface area (Å²) in [7, 11) is 0. The average molecular weight is 127 g/mol. The lowest BCUT2D eigenvalue weighted by atomic mass is 10.1. The summed E-state index contributed by atoms with van der Waals surface area (Å²) in [6, 6.07) is 0. The Bertz CT molecular complexity index is 76.6. The summed E-state index contributed by atoms with van der Waals surface area (Å²) in [6.45, 7) is 3.78. The number of carbonyl (C=O) groups is 1. The minimum atomic E-state index is 0.270. The SMILES string of the molecule is CCCC[CH]CC(C)=O. The van der Waals surface area contributed by atoms with Crippen LogP contribution in [0.5, 0.6) is 0 Å². The average Bonchev–Trinajstić information content (AvgIpc) is 1.80. The maximum absolute atomic E-state index is 10.4. The Morgan fingerprint density at radius 1 is 1.56 bits per heavy atom. The molecular formula is C8H15O. The van der Waals surface area contributed by atoms with Gasteiger partial charge in [-0.1, -0.05) is 19.8 Å². The first kappa shape index (κ1) is 8.67. The molecule has 0 aromatic heterocycles. The van der Waals surface area contributed by atoms with Crippen LogP contribution in [-0.2, 0) is 4.79 Å². The topological polar surface area (TPSA) is 17.1 Å². The second-order valence-corrected chi connectivity index (χ2v) is 2.34. The molecule has 0 saturated carbocycles. The Labute approximate surface area is 57.5 Å². The molecule has 0 saturated heterocycles. The lowest BCUT2D eigenvalue weighted by molar-refractivity contribution is -0.116. The van der Waals surface area contributed by atoms with Crippen LogP contribution < -0.4 is 0 Å². The highest BCUT2D eigenvalue weighted by Crippen LogP contribution is 2.00. The van der Waals surface area contributed by atoms with Crippen molar-refractivity contribution in [3.8, 4) is 0 Å². The number of ketones is 1. The Balaban J connectivity index is 2.83. The molecule has 0 bridgehead atoms. The lowest BCUT2D eigenvalue weighted by Gasteiger charge is -1.93. The fourth-order valence-corrected chi connectivity index (χ4v) is 0.654. The first-order valence-corrected chi connectivity index (χ1v) is 3.58. The molecule has 1 nitrogen and oxygen atoms in total. The predicted octanol–water partition coefficient (Wildman–Crippen LogP) is 2.36. The van der Waals surface area contributed by atoms with Crippen LogP contribution in [-0.4, -0.2) is 5.78 Å². The third-order valence-corrected chi connectivity index (χ3v) is 1.19. The van der Waals surface area contributed by atoms with E-state index in [0.717, 1.165) is 6.42 Å². The number of rotatable bonds is 5. The van der Waals surface area contributed by atoms with Gasteiger partial charge in [0, 0.05) is 6.42 Å². The summed E-state index contributed by atoms with van der Waals surface area (Å²) in [5.74, 6) is 0.270. The molecule has 0 atom stereocenters. The first-order valence-electron chi connectivity index (χ1n) is 3.58. The van der Waals surface area contributed by atoms with Crippen molar-refractivity contribution in [3.63, 3.8) is 0 Å². The molecule has 0 rings (SSSR count). The van der Waals surface area contributed by atoms with E-state index < -0.39 is 0 Å². The molecule has 0 unspecified atom stereocenters. The van der Waals surface area contributed by atoms with Gasteiger partial charge in [0.1, 0.15) is 5.78 Å². The van der Waals surface area contributed by atoms with Crippen molar-refractivity contribution >= 4 is 5.78 Å². The number of unbranched alkanes of at least 4 members (excludes halogenated alkanes) is 3. The molecule has 0 aromatic rings. The van der Waals surface area contributed by atoms with Crippen LogP contribution in [0.25, 0.3) is 0 Å². The Morgan fingerprint density at radius 2 is 2.22 bits per heavy atom. The molecule has 0 aliphatic heterocycles. The second kappa shape index (κ2) is 5.80. The van der Waals surface area contributed by atoms with Crippen LogP contribution in [0.2, 0.25) is 0 Å². The Hall–Kier alpha value is -0.330. The maximum Gasteiger partial charge on any atom is 0.130 e. The van der Waals surface area contributed by atoms with Gasteiger partial charge < -0.3 is 4.79 Å². The smallest absolute Gasteiger partial charge is 0.130 e. The van der Waals surface area contributed by atoms with Gasteiger partial charge in [0.05, 0.1) is 0 Å². The van der Waals surface area contributed by atoms with E-state index in [9.17, 15) is 4.79 Å². The fourth-order valence-electron chi connectivity index (χ4n) is 0.654. The zero-order chi connectivity index (χ0) is 7.11. The van der Waals surface area contributed by atoms with Gasteiger partial charge in [-0.2, -0.15) is 0 Å². The second-order valence-electron chi connectivity index (χ2n) is 2.34. The number of hydrogen-bond acceptors (Lipinski definition) is 1. The van der Waals surface area contributed by atoms with Crippen molar-refractivity contribution in [3.05, 3.63) is 6.42 Å². The van der Waals surface area contributed by atoms with Crippen molar-refractivity contribution in [2.75, 3.05) is 0 Å². The summed E-state index contributed by atoms with van der Waals surface area (Å²) >= 11 is 0. The third kappa shape index (κ3) is 7.67. The molecule has 0 fully saturated rings. The molecule has 0 heterocycles. The largest absolute Gasteiger partial charge is 0.300 e. The van der Waals surface area contributed by atoms with Gasteiger partial charge in [-0.15, -0.1) is 0 Å². The van der Waals surface area contributed by atoms with Gasteiger partial charge in [0.2, 0.25) is 0 Å². The molecule has 1 heteroatoms. The van der Waals surface area contributed by atoms with Crippen molar-refractivity contribution in [1.82, 2.24) is 0 Å². The fraction of sp³-hybridized carbons (Fsp3) is 0.750. The van der Waals surface area contributed by atoms with Crippen LogP contribution in [0.3, 0.4) is 0 Å². The summed E-state index contributed by atoms with van der Waals surface area (Å²) in [6.07, 6.45) is 6.24. The molecular weight excluding hydrogens is 112 g/mol. The quantitative estimate of drug-likeness (QED) is 0.518. The van der Waals surface area contributed by atoms with E-state index in [1.54, 1.807) is 6.92 Å². The van der Waals surface area contributed by atoms with E-state index in [1.807, 2.05) is 0 Å². The van der Waals surface area contributed by atoms with E-state index in [4.69, 9.17) is 0 Å². The normalized spacial score (nSPS) is 9.56. The van der Waals surface area contributed by atoms with Gasteiger partial charge in [0.15, 0.2) is 0 Å². The number of carbonyl (C=O) groups excluding carboxylic acids is 1. The summed E-state index contributed by atoms with van der Waals surface area (Å²) in [5.41, 5.74) is 0. The van der Waals surface area contributed by atoms with Gasteiger partial charge in [-0.3, -0.25) is 0 Å². The van der Waals surface area contributed by atoms with Crippen LogP contribution >= 0.6 is 0 Å². The molecule has 0 aromatic carbocycles. The highest BCUT2D eigenvalue weighted by molar-refractivity contribution is 5.76.